The second-order valence-corrected chi connectivity index (χ2v) is 7.12. The lowest BCUT2D eigenvalue weighted by atomic mass is 10.0. The number of hydrogen-bond acceptors (Lipinski definition) is 3. The molecule has 29 heavy (non-hydrogen) atoms. The van der Waals surface area contributed by atoms with Crippen molar-refractivity contribution in [2.45, 2.75) is 26.3 Å². The molecule has 2 rings (SSSR count). The van der Waals surface area contributed by atoms with Crippen LogP contribution in [0.3, 0.4) is 0 Å². The summed E-state index contributed by atoms with van der Waals surface area (Å²) in [6.07, 6.45) is 0. The Balaban J connectivity index is 1.78. The minimum atomic E-state index is -1.67. The fourth-order valence-corrected chi connectivity index (χ4v) is 2.67. The summed E-state index contributed by atoms with van der Waals surface area (Å²) in [6.45, 7) is 4.41. The zero-order valence-electron chi connectivity index (χ0n) is 16.6. The van der Waals surface area contributed by atoms with E-state index in [-0.39, 0.29) is 6.54 Å². The fourth-order valence-electron chi connectivity index (χ4n) is 2.67. The van der Waals surface area contributed by atoms with E-state index in [1.807, 2.05) is 12.1 Å². The highest BCUT2D eigenvalue weighted by Crippen LogP contribution is 2.19. The molecule has 2 amide bonds. The molecule has 0 saturated carbocycles. The van der Waals surface area contributed by atoms with Crippen molar-refractivity contribution in [1.29, 1.82) is 0 Å². The normalized spacial score (nSPS) is 11.0. The van der Waals surface area contributed by atoms with E-state index in [0.29, 0.717) is 18.5 Å². The SMILES string of the molecule is CC(C)c1ccc(CN(C)CC(=O)NCC(=O)Nc2ccc(F)c(F)c2F)cc1. The van der Waals surface area contributed by atoms with Crippen LogP contribution in [0.1, 0.15) is 30.9 Å². The molecular weight excluding hydrogens is 383 g/mol. The maximum absolute atomic E-state index is 13.5. The van der Waals surface area contributed by atoms with Crippen molar-refractivity contribution < 1.29 is 22.8 Å². The van der Waals surface area contributed by atoms with Crippen molar-refractivity contribution in [2.75, 3.05) is 25.5 Å². The van der Waals surface area contributed by atoms with Crippen molar-refractivity contribution in [2.24, 2.45) is 0 Å². The Morgan fingerprint density at radius 3 is 2.24 bits per heavy atom. The summed E-state index contributed by atoms with van der Waals surface area (Å²) < 4.78 is 39.6. The molecule has 0 heterocycles. The van der Waals surface area contributed by atoms with Gasteiger partial charge in [0, 0.05) is 6.54 Å². The van der Waals surface area contributed by atoms with E-state index in [2.05, 4.69) is 36.6 Å². The van der Waals surface area contributed by atoms with Crippen molar-refractivity contribution in [3.63, 3.8) is 0 Å². The third-order valence-electron chi connectivity index (χ3n) is 4.27. The lowest BCUT2D eigenvalue weighted by Gasteiger charge is -2.17. The van der Waals surface area contributed by atoms with Crippen LogP contribution in [0.15, 0.2) is 36.4 Å². The minimum absolute atomic E-state index is 0.0543. The molecule has 0 atom stereocenters. The topological polar surface area (TPSA) is 61.4 Å². The predicted octanol–water partition coefficient (Wildman–Crippen LogP) is 3.41. The molecule has 156 valence electrons. The summed E-state index contributed by atoms with van der Waals surface area (Å²) >= 11 is 0. The van der Waals surface area contributed by atoms with E-state index in [9.17, 15) is 22.8 Å². The molecule has 0 aliphatic heterocycles. The molecule has 0 aromatic heterocycles. The van der Waals surface area contributed by atoms with Crippen molar-refractivity contribution >= 4 is 17.5 Å². The maximum Gasteiger partial charge on any atom is 0.243 e. The van der Waals surface area contributed by atoms with Crippen LogP contribution < -0.4 is 10.6 Å². The molecule has 2 aromatic carbocycles. The van der Waals surface area contributed by atoms with Crippen molar-refractivity contribution in [3.05, 3.63) is 65.0 Å². The highest BCUT2D eigenvalue weighted by Gasteiger charge is 2.16. The quantitative estimate of drug-likeness (QED) is 0.660. The second kappa shape index (κ2) is 10.1. The predicted molar refractivity (Wildman–Crippen MR) is 105 cm³/mol. The van der Waals surface area contributed by atoms with Gasteiger partial charge in [-0.2, -0.15) is 0 Å². The van der Waals surface area contributed by atoms with E-state index in [1.165, 1.54) is 5.56 Å². The average molecular weight is 407 g/mol. The molecule has 0 saturated heterocycles. The van der Waals surface area contributed by atoms with Gasteiger partial charge in [0.25, 0.3) is 0 Å². The first-order chi connectivity index (χ1) is 13.7. The Hall–Kier alpha value is -2.87. The van der Waals surface area contributed by atoms with Gasteiger partial charge in [-0.05, 0) is 36.2 Å². The van der Waals surface area contributed by atoms with E-state index < -0.39 is 41.5 Å². The Kier molecular flexibility index (Phi) is 7.78. The van der Waals surface area contributed by atoms with Gasteiger partial charge < -0.3 is 10.6 Å². The van der Waals surface area contributed by atoms with E-state index in [0.717, 1.165) is 11.6 Å². The number of nitrogens with one attached hydrogen (secondary N) is 2. The smallest absolute Gasteiger partial charge is 0.243 e. The molecule has 0 radical (unpaired) electrons. The molecule has 0 aliphatic carbocycles. The van der Waals surface area contributed by atoms with Gasteiger partial charge in [-0.15, -0.1) is 0 Å². The summed E-state index contributed by atoms with van der Waals surface area (Å²) in [5.74, 6) is -5.22. The van der Waals surface area contributed by atoms with Crippen LogP contribution in [0.5, 0.6) is 0 Å². The van der Waals surface area contributed by atoms with Crippen LogP contribution in [-0.4, -0.2) is 36.9 Å². The molecule has 2 aromatic rings. The monoisotopic (exact) mass is 407 g/mol. The zero-order valence-corrected chi connectivity index (χ0v) is 16.6. The summed E-state index contributed by atoms with van der Waals surface area (Å²) in [6, 6.07) is 9.73. The number of hydrogen-bond donors (Lipinski definition) is 2. The van der Waals surface area contributed by atoms with Crippen LogP contribution in [0.25, 0.3) is 0 Å². The molecule has 0 fully saturated rings. The molecule has 0 bridgehead atoms. The van der Waals surface area contributed by atoms with Gasteiger partial charge in [-0.1, -0.05) is 38.1 Å². The number of likely N-dealkylation sites (N-methyl/N-ethyl adjacent to an activating group) is 1. The number of benzene rings is 2. The number of halogens is 3. The van der Waals surface area contributed by atoms with Crippen LogP contribution in [-0.2, 0) is 16.1 Å². The molecule has 8 heteroatoms. The van der Waals surface area contributed by atoms with Crippen molar-refractivity contribution in [1.82, 2.24) is 10.2 Å². The zero-order chi connectivity index (χ0) is 21.6. The summed E-state index contributed by atoms with van der Waals surface area (Å²) in [4.78, 5) is 25.6. The van der Waals surface area contributed by atoms with Crippen molar-refractivity contribution in [3.8, 4) is 0 Å². The first kappa shape index (κ1) is 22.4. The lowest BCUT2D eigenvalue weighted by Crippen LogP contribution is -2.39. The first-order valence-corrected chi connectivity index (χ1v) is 9.14. The number of rotatable bonds is 8. The summed E-state index contributed by atoms with van der Waals surface area (Å²) in [5.41, 5.74) is 1.79. The highest BCUT2D eigenvalue weighted by atomic mass is 19.2. The van der Waals surface area contributed by atoms with Crippen LogP contribution in [0.4, 0.5) is 18.9 Å². The van der Waals surface area contributed by atoms with Gasteiger partial charge in [-0.3, -0.25) is 14.5 Å². The molecule has 5 nitrogen and oxygen atoms in total. The largest absolute Gasteiger partial charge is 0.346 e. The van der Waals surface area contributed by atoms with Crippen LogP contribution in [0, 0.1) is 17.5 Å². The van der Waals surface area contributed by atoms with E-state index in [4.69, 9.17) is 0 Å². The number of carbonyl (C=O) groups excluding carboxylic acids is 2. The third-order valence-corrected chi connectivity index (χ3v) is 4.27. The molecule has 0 aliphatic rings. The first-order valence-electron chi connectivity index (χ1n) is 9.14. The molecule has 0 unspecified atom stereocenters. The summed E-state index contributed by atoms with van der Waals surface area (Å²) in [7, 11) is 1.77. The van der Waals surface area contributed by atoms with Crippen LogP contribution >= 0.6 is 0 Å². The molecular formula is C21H24F3N3O2. The fraction of sp³-hybridized carbons (Fsp3) is 0.333. The van der Waals surface area contributed by atoms with Gasteiger partial charge in [-0.25, -0.2) is 13.2 Å². The van der Waals surface area contributed by atoms with Gasteiger partial charge in [0.05, 0.1) is 18.8 Å². The van der Waals surface area contributed by atoms with Gasteiger partial charge in [0.1, 0.15) is 0 Å². The van der Waals surface area contributed by atoms with Crippen LogP contribution in [0.2, 0.25) is 0 Å². The lowest BCUT2D eigenvalue weighted by molar-refractivity contribution is -0.124. The van der Waals surface area contributed by atoms with E-state index in [1.54, 1.807) is 11.9 Å². The van der Waals surface area contributed by atoms with Gasteiger partial charge >= 0.3 is 0 Å². The summed E-state index contributed by atoms with van der Waals surface area (Å²) in [5, 5.41) is 4.50. The number of amides is 2. The third kappa shape index (κ3) is 6.60. The molecule has 2 N–H and O–H groups in total. The number of anilines is 1. The second-order valence-electron chi connectivity index (χ2n) is 7.12. The molecule has 0 spiro atoms. The number of nitrogens with zero attached hydrogens (tertiary/aromatic N) is 1. The van der Waals surface area contributed by atoms with Gasteiger partial charge in [0.15, 0.2) is 17.5 Å². The standard InChI is InChI=1S/C21H24F3N3O2/c1-13(2)15-6-4-14(5-7-15)11-27(3)12-19(29)25-10-18(28)26-17-9-8-16(22)20(23)21(17)24/h4-9,13H,10-12H2,1-3H3,(H,25,29)(H,26,28). The minimum Gasteiger partial charge on any atom is -0.346 e. The maximum atomic E-state index is 13.5. The number of carbonyl (C=O) groups is 2. The van der Waals surface area contributed by atoms with Gasteiger partial charge in [0.2, 0.25) is 11.8 Å². The van der Waals surface area contributed by atoms with E-state index >= 15 is 0 Å². The Morgan fingerprint density at radius 1 is 0.966 bits per heavy atom. The highest BCUT2D eigenvalue weighted by molar-refractivity contribution is 5.94. The average Bonchev–Trinajstić information content (AvgIpc) is 2.67. The Morgan fingerprint density at radius 2 is 1.62 bits per heavy atom. The Labute approximate surface area is 167 Å². The Bertz CT molecular complexity index is 870.